The summed E-state index contributed by atoms with van der Waals surface area (Å²) >= 11 is 0. The van der Waals surface area contributed by atoms with Crippen molar-refractivity contribution >= 4 is 6.01 Å². The number of nitrogens with zero attached hydrogens (tertiary/aromatic N) is 4. The maximum atomic E-state index is 4.90. The van der Waals surface area contributed by atoms with Crippen LogP contribution in [0.25, 0.3) is 0 Å². The zero-order valence-corrected chi connectivity index (χ0v) is 8.06. The third-order valence-electron chi connectivity index (χ3n) is 1.87. The van der Waals surface area contributed by atoms with E-state index in [2.05, 4.69) is 20.6 Å². The van der Waals surface area contributed by atoms with Crippen molar-refractivity contribution in [2.24, 2.45) is 7.05 Å². The largest absolute Gasteiger partial charge is 0.332 e. The van der Waals surface area contributed by atoms with Gasteiger partial charge in [0.2, 0.25) is 0 Å². The molecule has 0 aliphatic heterocycles. The Labute approximate surface area is 80.9 Å². The molecule has 2 heterocycles. The minimum Gasteiger partial charge on any atom is -0.332 e. The van der Waals surface area contributed by atoms with Gasteiger partial charge in [0, 0.05) is 13.2 Å². The van der Waals surface area contributed by atoms with E-state index in [0.29, 0.717) is 18.4 Å². The first kappa shape index (κ1) is 8.74. The Morgan fingerprint density at radius 2 is 2.43 bits per heavy atom. The maximum Gasteiger partial charge on any atom is 0.321 e. The second-order valence-corrected chi connectivity index (χ2v) is 2.95. The van der Waals surface area contributed by atoms with Crippen LogP contribution in [-0.2, 0) is 13.6 Å². The zero-order valence-electron chi connectivity index (χ0n) is 8.06. The standard InChI is InChI=1S/C8H11N5O/c1-6-11-8(14-12-6)9-5-7-3-4-10-13(7)2/h3-4H,5H2,1-2H3,(H,9,11,12). The molecular weight excluding hydrogens is 182 g/mol. The highest BCUT2D eigenvalue weighted by molar-refractivity contribution is 5.20. The molecule has 1 N–H and O–H groups in total. The average Bonchev–Trinajstić information content (AvgIpc) is 2.72. The fraction of sp³-hybridized carbons (Fsp3) is 0.375. The molecule has 0 bridgehead atoms. The molecule has 0 unspecified atom stereocenters. The lowest BCUT2D eigenvalue weighted by Crippen LogP contribution is -2.05. The molecule has 2 rings (SSSR count). The van der Waals surface area contributed by atoms with Gasteiger partial charge in [-0.25, -0.2) is 0 Å². The summed E-state index contributed by atoms with van der Waals surface area (Å²) in [6, 6.07) is 2.36. The Bertz CT molecular complexity index is 419. The molecule has 6 nitrogen and oxygen atoms in total. The predicted molar refractivity (Wildman–Crippen MR) is 49.6 cm³/mol. The molecule has 0 saturated heterocycles. The first-order valence-electron chi connectivity index (χ1n) is 4.27. The Morgan fingerprint density at radius 1 is 1.57 bits per heavy atom. The van der Waals surface area contributed by atoms with Gasteiger partial charge < -0.3 is 9.84 Å². The predicted octanol–water partition coefficient (Wildman–Crippen LogP) is 0.724. The van der Waals surface area contributed by atoms with Gasteiger partial charge in [-0.15, -0.1) is 0 Å². The summed E-state index contributed by atoms with van der Waals surface area (Å²) in [7, 11) is 1.88. The normalized spacial score (nSPS) is 10.4. The monoisotopic (exact) mass is 193 g/mol. The second-order valence-electron chi connectivity index (χ2n) is 2.95. The van der Waals surface area contributed by atoms with Gasteiger partial charge in [0.15, 0.2) is 5.82 Å². The molecule has 74 valence electrons. The quantitative estimate of drug-likeness (QED) is 0.778. The van der Waals surface area contributed by atoms with E-state index in [4.69, 9.17) is 4.52 Å². The van der Waals surface area contributed by atoms with Gasteiger partial charge in [0.25, 0.3) is 0 Å². The Kier molecular flexibility index (Phi) is 2.18. The van der Waals surface area contributed by atoms with Crippen LogP contribution in [0, 0.1) is 6.92 Å². The Morgan fingerprint density at radius 3 is 3.00 bits per heavy atom. The summed E-state index contributed by atoms with van der Waals surface area (Å²) in [4.78, 5) is 4.02. The lowest BCUT2D eigenvalue weighted by atomic mass is 10.4. The number of anilines is 1. The van der Waals surface area contributed by atoms with Gasteiger partial charge in [-0.3, -0.25) is 4.68 Å². The molecule has 2 aromatic heterocycles. The molecular formula is C8H11N5O. The molecule has 0 spiro atoms. The van der Waals surface area contributed by atoms with Crippen molar-refractivity contribution in [3.63, 3.8) is 0 Å². The summed E-state index contributed by atoms with van der Waals surface area (Å²) in [5.74, 6) is 0.623. The van der Waals surface area contributed by atoms with Crippen molar-refractivity contribution in [3.05, 3.63) is 23.8 Å². The highest BCUT2D eigenvalue weighted by Gasteiger charge is 2.02. The van der Waals surface area contributed by atoms with Crippen molar-refractivity contribution in [3.8, 4) is 0 Å². The molecule has 14 heavy (non-hydrogen) atoms. The summed E-state index contributed by atoms with van der Waals surface area (Å²) in [5.41, 5.74) is 1.06. The molecule has 0 fully saturated rings. The fourth-order valence-electron chi connectivity index (χ4n) is 1.11. The molecule has 0 aromatic carbocycles. The first-order chi connectivity index (χ1) is 6.75. The summed E-state index contributed by atoms with van der Waals surface area (Å²) in [6.45, 7) is 2.40. The molecule has 6 heteroatoms. The maximum absolute atomic E-state index is 4.90. The number of aryl methyl sites for hydroxylation is 2. The second kappa shape index (κ2) is 3.49. The number of aromatic nitrogens is 4. The van der Waals surface area contributed by atoms with Crippen LogP contribution in [0.5, 0.6) is 0 Å². The SMILES string of the molecule is Cc1noc(NCc2ccnn2C)n1. The van der Waals surface area contributed by atoms with E-state index in [1.54, 1.807) is 17.8 Å². The molecule has 0 atom stereocenters. The minimum atomic E-state index is 0.434. The third kappa shape index (κ3) is 1.73. The Balaban J connectivity index is 1.98. The number of rotatable bonds is 3. The lowest BCUT2D eigenvalue weighted by Gasteiger charge is -2.00. The smallest absolute Gasteiger partial charge is 0.321 e. The van der Waals surface area contributed by atoms with Gasteiger partial charge in [-0.1, -0.05) is 5.16 Å². The van der Waals surface area contributed by atoms with Crippen LogP contribution < -0.4 is 5.32 Å². The van der Waals surface area contributed by atoms with Gasteiger partial charge in [-0.05, 0) is 13.0 Å². The summed E-state index contributed by atoms with van der Waals surface area (Å²) in [5, 5.41) is 10.7. The molecule has 0 aliphatic carbocycles. The number of hydrogen-bond acceptors (Lipinski definition) is 5. The Hall–Kier alpha value is -1.85. The molecule has 0 aliphatic rings. The van der Waals surface area contributed by atoms with Crippen molar-refractivity contribution in [2.75, 3.05) is 5.32 Å². The topological polar surface area (TPSA) is 68.8 Å². The van der Waals surface area contributed by atoms with Crippen molar-refractivity contribution < 1.29 is 4.52 Å². The van der Waals surface area contributed by atoms with Gasteiger partial charge in [-0.2, -0.15) is 10.1 Å². The molecule has 0 radical (unpaired) electrons. The number of nitrogens with one attached hydrogen (secondary N) is 1. The first-order valence-corrected chi connectivity index (χ1v) is 4.27. The zero-order chi connectivity index (χ0) is 9.97. The fourth-order valence-corrected chi connectivity index (χ4v) is 1.11. The van der Waals surface area contributed by atoms with Crippen LogP contribution in [-0.4, -0.2) is 19.9 Å². The minimum absolute atomic E-state index is 0.434. The van der Waals surface area contributed by atoms with E-state index >= 15 is 0 Å². The van der Waals surface area contributed by atoms with Crippen LogP contribution in [0.2, 0.25) is 0 Å². The van der Waals surface area contributed by atoms with Gasteiger partial charge >= 0.3 is 6.01 Å². The van der Waals surface area contributed by atoms with Gasteiger partial charge in [0.05, 0.1) is 12.2 Å². The van der Waals surface area contributed by atoms with E-state index in [1.165, 1.54) is 0 Å². The van der Waals surface area contributed by atoms with Crippen molar-refractivity contribution in [2.45, 2.75) is 13.5 Å². The van der Waals surface area contributed by atoms with Crippen molar-refractivity contribution in [1.82, 2.24) is 19.9 Å². The highest BCUT2D eigenvalue weighted by atomic mass is 16.5. The van der Waals surface area contributed by atoms with E-state index in [-0.39, 0.29) is 0 Å². The van der Waals surface area contributed by atoms with E-state index in [1.807, 2.05) is 13.1 Å². The van der Waals surface area contributed by atoms with Crippen LogP contribution in [0.1, 0.15) is 11.5 Å². The van der Waals surface area contributed by atoms with Crippen LogP contribution >= 0.6 is 0 Å². The van der Waals surface area contributed by atoms with E-state index in [9.17, 15) is 0 Å². The third-order valence-corrected chi connectivity index (χ3v) is 1.87. The number of hydrogen-bond donors (Lipinski definition) is 1. The molecule has 0 amide bonds. The average molecular weight is 193 g/mol. The van der Waals surface area contributed by atoms with Crippen LogP contribution in [0.15, 0.2) is 16.8 Å². The van der Waals surface area contributed by atoms with Gasteiger partial charge in [0.1, 0.15) is 0 Å². The highest BCUT2D eigenvalue weighted by Crippen LogP contribution is 2.05. The summed E-state index contributed by atoms with van der Waals surface area (Å²) in [6.07, 6.45) is 1.75. The van der Waals surface area contributed by atoms with E-state index < -0.39 is 0 Å². The van der Waals surface area contributed by atoms with E-state index in [0.717, 1.165) is 5.69 Å². The molecule has 2 aromatic rings. The van der Waals surface area contributed by atoms with Crippen molar-refractivity contribution in [1.29, 1.82) is 0 Å². The molecule has 0 saturated carbocycles. The lowest BCUT2D eigenvalue weighted by molar-refractivity contribution is 0.425. The summed E-state index contributed by atoms with van der Waals surface area (Å²) < 4.78 is 6.69. The van der Waals surface area contributed by atoms with Crippen LogP contribution in [0.4, 0.5) is 6.01 Å². The van der Waals surface area contributed by atoms with Crippen LogP contribution in [0.3, 0.4) is 0 Å².